The molecular formula is C25H25ClF4N2O5. The summed E-state index contributed by atoms with van der Waals surface area (Å²) in [6, 6.07) is 7.85. The first-order valence-corrected chi connectivity index (χ1v) is 12.0. The molecule has 12 heteroatoms. The molecule has 37 heavy (non-hydrogen) atoms. The molecule has 0 heterocycles. The molecule has 200 valence electrons. The number of amides is 2. The standard InChI is InChI=1S/C25H25ClF4N2O5/c26-18-6-5-17(11-19(18)27)37-14-22(35)32-24-9-7-23(8-10-24,12-20(24)33)31-21(34)13-36-16-3-1-15(2-4-16)25(28,29)30/h1-6,11,20,33H,7-10,12-14H2,(H,31,34)(H,32,35)/t20-,23?,24?/m0/s1. The summed E-state index contributed by atoms with van der Waals surface area (Å²) in [6.07, 6.45) is -3.36. The monoisotopic (exact) mass is 544 g/mol. The van der Waals surface area contributed by atoms with Crippen molar-refractivity contribution >= 4 is 23.4 Å². The van der Waals surface area contributed by atoms with Crippen LogP contribution in [0.1, 0.15) is 37.7 Å². The molecule has 2 aromatic carbocycles. The van der Waals surface area contributed by atoms with Gasteiger partial charge in [0.25, 0.3) is 11.8 Å². The second kappa shape index (κ2) is 10.4. The van der Waals surface area contributed by atoms with Crippen molar-refractivity contribution in [2.45, 2.75) is 55.5 Å². The van der Waals surface area contributed by atoms with Crippen LogP contribution in [0.5, 0.6) is 11.5 Å². The first-order valence-electron chi connectivity index (χ1n) is 11.6. The second-order valence-corrected chi connectivity index (χ2v) is 9.84. The zero-order valence-corrected chi connectivity index (χ0v) is 20.3. The summed E-state index contributed by atoms with van der Waals surface area (Å²) >= 11 is 5.63. The molecular weight excluding hydrogens is 520 g/mol. The maximum absolute atomic E-state index is 13.5. The van der Waals surface area contributed by atoms with Crippen molar-refractivity contribution in [3.05, 3.63) is 58.9 Å². The van der Waals surface area contributed by atoms with Crippen LogP contribution < -0.4 is 20.1 Å². The van der Waals surface area contributed by atoms with Crippen molar-refractivity contribution in [1.82, 2.24) is 10.6 Å². The second-order valence-electron chi connectivity index (χ2n) is 9.43. The van der Waals surface area contributed by atoms with Gasteiger partial charge in [0, 0.05) is 11.6 Å². The lowest BCUT2D eigenvalue weighted by atomic mass is 9.60. The number of alkyl halides is 3. The van der Waals surface area contributed by atoms with E-state index in [1.165, 1.54) is 12.1 Å². The summed E-state index contributed by atoms with van der Waals surface area (Å²) in [5.74, 6) is -1.34. The van der Waals surface area contributed by atoms with Crippen molar-refractivity contribution in [2.75, 3.05) is 13.2 Å². The maximum Gasteiger partial charge on any atom is 0.416 e. The highest BCUT2D eigenvalue weighted by Gasteiger charge is 2.55. The molecule has 3 aliphatic rings. The Morgan fingerprint density at radius 2 is 1.51 bits per heavy atom. The molecule has 5 rings (SSSR count). The van der Waals surface area contributed by atoms with Crippen LogP contribution in [-0.4, -0.2) is 47.3 Å². The van der Waals surface area contributed by atoms with Gasteiger partial charge in [0.05, 0.1) is 22.2 Å². The Morgan fingerprint density at radius 3 is 2.08 bits per heavy atom. The third kappa shape index (κ3) is 6.27. The van der Waals surface area contributed by atoms with Crippen LogP contribution in [-0.2, 0) is 15.8 Å². The molecule has 0 spiro atoms. The molecule has 3 N–H and O–H groups in total. The average Bonchev–Trinajstić information content (AvgIpc) is 2.84. The molecule has 3 fully saturated rings. The van der Waals surface area contributed by atoms with Crippen molar-refractivity contribution in [3.8, 4) is 11.5 Å². The number of halogens is 5. The fourth-order valence-electron chi connectivity index (χ4n) is 4.91. The lowest BCUT2D eigenvalue weighted by molar-refractivity contribution is -0.137. The summed E-state index contributed by atoms with van der Waals surface area (Å²) in [5.41, 5.74) is -2.36. The van der Waals surface area contributed by atoms with Gasteiger partial charge in [0.2, 0.25) is 0 Å². The Kier molecular flexibility index (Phi) is 7.57. The fraction of sp³-hybridized carbons (Fsp3) is 0.440. The molecule has 7 nitrogen and oxygen atoms in total. The number of fused-ring (bicyclic) bond motifs is 3. The van der Waals surface area contributed by atoms with E-state index in [4.69, 9.17) is 21.1 Å². The van der Waals surface area contributed by atoms with Gasteiger partial charge in [-0.05, 0) is 68.5 Å². The molecule has 0 aromatic heterocycles. The van der Waals surface area contributed by atoms with Gasteiger partial charge in [0.15, 0.2) is 13.2 Å². The predicted molar refractivity (Wildman–Crippen MR) is 125 cm³/mol. The Balaban J connectivity index is 1.26. The van der Waals surface area contributed by atoms with Crippen LogP contribution in [0.3, 0.4) is 0 Å². The van der Waals surface area contributed by atoms with Crippen LogP contribution in [0.4, 0.5) is 17.6 Å². The smallest absolute Gasteiger partial charge is 0.416 e. The summed E-state index contributed by atoms with van der Waals surface area (Å²) in [4.78, 5) is 25.0. The highest BCUT2D eigenvalue weighted by atomic mass is 35.5. The zero-order valence-electron chi connectivity index (χ0n) is 19.5. The number of aliphatic hydroxyl groups is 1. The van der Waals surface area contributed by atoms with E-state index < -0.39 is 53.2 Å². The summed E-state index contributed by atoms with van der Waals surface area (Å²) in [7, 11) is 0. The number of benzene rings is 2. The number of carbonyl (C=O) groups excluding carboxylic acids is 2. The first-order chi connectivity index (χ1) is 17.4. The number of hydrogen-bond acceptors (Lipinski definition) is 5. The molecule has 0 saturated heterocycles. The van der Waals surface area contributed by atoms with Gasteiger partial charge in [0.1, 0.15) is 17.3 Å². The molecule has 2 bridgehead atoms. The van der Waals surface area contributed by atoms with Gasteiger partial charge in [-0.1, -0.05) is 11.6 Å². The highest BCUT2D eigenvalue weighted by molar-refractivity contribution is 6.30. The van der Waals surface area contributed by atoms with Gasteiger partial charge in [-0.15, -0.1) is 0 Å². The summed E-state index contributed by atoms with van der Waals surface area (Å²) < 4.78 is 62.2. The third-order valence-corrected chi connectivity index (χ3v) is 7.23. The Labute approximate surface area is 215 Å². The van der Waals surface area contributed by atoms with Gasteiger partial charge in [-0.2, -0.15) is 13.2 Å². The molecule has 0 radical (unpaired) electrons. The largest absolute Gasteiger partial charge is 0.484 e. The van der Waals surface area contributed by atoms with Crippen molar-refractivity contribution in [1.29, 1.82) is 0 Å². The normalized spacial score (nSPS) is 24.9. The van der Waals surface area contributed by atoms with Crippen LogP contribution in [0.2, 0.25) is 5.02 Å². The van der Waals surface area contributed by atoms with Gasteiger partial charge >= 0.3 is 6.18 Å². The van der Waals surface area contributed by atoms with Crippen molar-refractivity contribution in [3.63, 3.8) is 0 Å². The van der Waals surface area contributed by atoms with E-state index in [0.717, 1.165) is 30.3 Å². The van der Waals surface area contributed by atoms with E-state index in [0.29, 0.717) is 25.7 Å². The lowest BCUT2D eigenvalue weighted by Crippen LogP contribution is -2.70. The number of carbonyl (C=O) groups is 2. The fourth-order valence-corrected chi connectivity index (χ4v) is 5.03. The summed E-state index contributed by atoms with van der Waals surface area (Å²) in [6.45, 7) is -0.771. The number of rotatable bonds is 8. The van der Waals surface area contributed by atoms with Crippen LogP contribution in [0, 0.1) is 5.82 Å². The minimum absolute atomic E-state index is 0.0649. The third-order valence-electron chi connectivity index (χ3n) is 6.93. The minimum Gasteiger partial charge on any atom is -0.484 e. The maximum atomic E-state index is 13.5. The number of aliphatic hydroxyl groups excluding tert-OH is 1. The first kappa shape index (κ1) is 27.0. The average molecular weight is 545 g/mol. The molecule has 0 unspecified atom stereocenters. The van der Waals surface area contributed by atoms with E-state index in [1.54, 1.807) is 0 Å². The SMILES string of the molecule is O=C(COc1ccc(C(F)(F)F)cc1)NC12CCC(NC(=O)COc3ccc(Cl)c(F)c3)(CC1)[C@@H](O)C2. The quantitative estimate of drug-likeness (QED) is 0.437. The molecule has 1 atom stereocenters. The van der Waals surface area contributed by atoms with Gasteiger partial charge < -0.3 is 25.2 Å². The van der Waals surface area contributed by atoms with Gasteiger partial charge in [-0.25, -0.2) is 4.39 Å². The highest BCUT2D eigenvalue weighted by Crippen LogP contribution is 2.47. The number of nitrogens with one attached hydrogen (secondary N) is 2. The molecule has 3 saturated carbocycles. The molecule has 2 aromatic rings. The van der Waals surface area contributed by atoms with Crippen LogP contribution >= 0.6 is 11.6 Å². The van der Waals surface area contributed by atoms with E-state index in [2.05, 4.69) is 10.6 Å². The van der Waals surface area contributed by atoms with E-state index >= 15 is 0 Å². The summed E-state index contributed by atoms with van der Waals surface area (Å²) in [5, 5.41) is 16.5. The van der Waals surface area contributed by atoms with Crippen molar-refractivity contribution < 1.29 is 41.7 Å². The zero-order chi connectivity index (χ0) is 26.8. The predicted octanol–water partition coefficient (Wildman–Crippen LogP) is 4.00. The van der Waals surface area contributed by atoms with E-state index in [1.807, 2.05) is 0 Å². The topological polar surface area (TPSA) is 96.9 Å². The number of ether oxygens (including phenoxy) is 2. The van der Waals surface area contributed by atoms with E-state index in [9.17, 15) is 32.3 Å². The molecule has 0 aliphatic heterocycles. The number of hydrogen-bond donors (Lipinski definition) is 3. The van der Waals surface area contributed by atoms with Crippen LogP contribution in [0.25, 0.3) is 0 Å². The molecule has 2 amide bonds. The Morgan fingerprint density at radius 1 is 0.946 bits per heavy atom. The van der Waals surface area contributed by atoms with Crippen molar-refractivity contribution in [2.24, 2.45) is 0 Å². The minimum atomic E-state index is -4.46. The lowest BCUT2D eigenvalue weighted by Gasteiger charge is -2.56. The Bertz CT molecular complexity index is 1150. The molecule has 3 aliphatic carbocycles. The van der Waals surface area contributed by atoms with Gasteiger partial charge in [-0.3, -0.25) is 9.59 Å². The van der Waals surface area contributed by atoms with Crippen LogP contribution in [0.15, 0.2) is 42.5 Å². The Hall–Kier alpha value is -3.05. The van der Waals surface area contributed by atoms with E-state index in [-0.39, 0.29) is 29.5 Å².